The molecule has 0 atom stereocenters. The molecule has 0 unspecified atom stereocenters. The van der Waals surface area contributed by atoms with E-state index in [4.69, 9.17) is 10.2 Å². The predicted molar refractivity (Wildman–Crippen MR) is 187 cm³/mol. The standard InChI is InChI=1S/C42H29N3S/c1-26-15-21-31(27(2)43-26)28-16-18-29(19-17-28)38-23-24-39(45-44-38)30-20-22-33-32-9-3-4-10-34(32)42(37(33)25-30)35-11-5-7-13-40(35)46-41-14-8-6-12-36(41)42/h3-25H,1-2H3. The minimum Gasteiger partial charge on any atom is -0.258 e. The Kier molecular flexibility index (Phi) is 6.09. The van der Waals surface area contributed by atoms with Crippen LogP contribution in [0.5, 0.6) is 0 Å². The summed E-state index contributed by atoms with van der Waals surface area (Å²) >= 11 is 1.87. The van der Waals surface area contributed by atoms with Gasteiger partial charge in [-0.05, 0) is 89.2 Å². The van der Waals surface area contributed by atoms with Crippen LogP contribution in [-0.2, 0) is 5.41 Å². The maximum Gasteiger partial charge on any atom is 0.0930 e. The van der Waals surface area contributed by atoms with Gasteiger partial charge >= 0.3 is 0 Å². The molecule has 3 heterocycles. The van der Waals surface area contributed by atoms with Crippen LogP contribution in [0.2, 0.25) is 0 Å². The molecule has 0 amide bonds. The molecule has 5 aromatic carbocycles. The monoisotopic (exact) mass is 607 g/mol. The van der Waals surface area contributed by atoms with Crippen molar-refractivity contribution in [1.82, 2.24) is 15.2 Å². The summed E-state index contributed by atoms with van der Waals surface area (Å²) in [6.07, 6.45) is 0. The van der Waals surface area contributed by atoms with E-state index in [9.17, 15) is 0 Å². The van der Waals surface area contributed by atoms with Gasteiger partial charge in [0.2, 0.25) is 0 Å². The first-order valence-electron chi connectivity index (χ1n) is 15.6. The number of pyridine rings is 1. The van der Waals surface area contributed by atoms with E-state index in [2.05, 4.69) is 151 Å². The number of aryl methyl sites for hydroxylation is 2. The lowest BCUT2D eigenvalue weighted by atomic mass is 9.67. The smallest absolute Gasteiger partial charge is 0.0930 e. The van der Waals surface area contributed by atoms with Gasteiger partial charge in [0, 0.05) is 37.9 Å². The topological polar surface area (TPSA) is 38.7 Å². The van der Waals surface area contributed by atoms with Gasteiger partial charge in [0.1, 0.15) is 0 Å². The third-order valence-electron chi connectivity index (χ3n) is 9.52. The second-order valence-corrected chi connectivity index (χ2v) is 13.2. The van der Waals surface area contributed by atoms with Gasteiger partial charge in [0.15, 0.2) is 0 Å². The minimum absolute atomic E-state index is 0.402. The minimum atomic E-state index is -0.402. The van der Waals surface area contributed by atoms with Gasteiger partial charge in [-0.1, -0.05) is 115 Å². The summed E-state index contributed by atoms with van der Waals surface area (Å²) in [7, 11) is 0. The van der Waals surface area contributed by atoms with Crippen LogP contribution < -0.4 is 0 Å². The zero-order chi connectivity index (χ0) is 30.8. The first-order valence-corrected chi connectivity index (χ1v) is 16.4. The Morgan fingerprint density at radius 3 is 1.67 bits per heavy atom. The molecule has 0 saturated heterocycles. The molecule has 0 N–H and O–H groups in total. The number of fused-ring (bicyclic) bond motifs is 9. The third kappa shape index (κ3) is 3.97. The molecule has 2 aliphatic rings. The van der Waals surface area contributed by atoms with Crippen LogP contribution in [0.15, 0.2) is 149 Å². The fraction of sp³-hybridized carbons (Fsp3) is 0.0714. The molecule has 1 spiro atoms. The Morgan fingerprint density at radius 1 is 0.457 bits per heavy atom. The highest BCUT2D eigenvalue weighted by atomic mass is 32.2. The summed E-state index contributed by atoms with van der Waals surface area (Å²) in [4.78, 5) is 7.24. The molecule has 7 aromatic rings. The highest BCUT2D eigenvalue weighted by molar-refractivity contribution is 7.99. The normalized spacial score (nSPS) is 13.5. The molecule has 0 radical (unpaired) electrons. The van der Waals surface area contributed by atoms with Crippen molar-refractivity contribution in [2.45, 2.75) is 29.1 Å². The fourth-order valence-electron chi connectivity index (χ4n) is 7.47. The van der Waals surface area contributed by atoms with E-state index < -0.39 is 5.41 Å². The first-order chi connectivity index (χ1) is 22.6. The van der Waals surface area contributed by atoms with Crippen LogP contribution in [-0.4, -0.2) is 15.2 Å². The molecule has 218 valence electrons. The second-order valence-electron chi connectivity index (χ2n) is 12.1. The van der Waals surface area contributed by atoms with Crippen molar-refractivity contribution >= 4 is 11.8 Å². The Balaban J connectivity index is 1.14. The Hall–Kier alpha value is -5.32. The van der Waals surface area contributed by atoms with E-state index in [0.717, 1.165) is 45.0 Å². The summed E-state index contributed by atoms with van der Waals surface area (Å²) in [6, 6.07) is 50.4. The lowest BCUT2D eigenvalue weighted by molar-refractivity contribution is 0.722. The average molecular weight is 608 g/mol. The third-order valence-corrected chi connectivity index (χ3v) is 10.7. The van der Waals surface area contributed by atoms with Crippen molar-refractivity contribution < 1.29 is 0 Å². The summed E-state index contributed by atoms with van der Waals surface area (Å²) < 4.78 is 0. The zero-order valence-electron chi connectivity index (χ0n) is 25.5. The van der Waals surface area contributed by atoms with Crippen LogP contribution in [0.3, 0.4) is 0 Å². The van der Waals surface area contributed by atoms with Crippen LogP contribution in [0, 0.1) is 13.8 Å². The van der Waals surface area contributed by atoms with Gasteiger partial charge in [-0.15, -0.1) is 10.2 Å². The number of benzene rings is 5. The first kappa shape index (κ1) is 27.0. The van der Waals surface area contributed by atoms with Crippen molar-refractivity contribution in [3.05, 3.63) is 173 Å². The summed E-state index contributed by atoms with van der Waals surface area (Å²) in [5.74, 6) is 0. The van der Waals surface area contributed by atoms with Gasteiger partial charge in [-0.3, -0.25) is 4.98 Å². The Bertz CT molecular complexity index is 2260. The molecule has 4 heteroatoms. The number of hydrogen-bond acceptors (Lipinski definition) is 4. The van der Waals surface area contributed by atoms with E-state index >= 15 is 0 Å². The molecular formula is C42H29N3S. The molecule has 9 rings (SSSR count). The van der Waals surface area contributed by atoms with Crippen molar-refractivity contribution in [2.75, 3.05) is 0 Å². The number of nitrogens with zero attached hydrogens (tertiary/aromatic N) is 3. The quantitative estimate of drug-likeness (QED) is 0.200. The summed E-state index contributed by atoms with van der Waals surface area (Å²) in [5, 5.41) is 9.46. The Labute approximate surface area is 273 Å². The van der Waals surface area contributed by atoms with E-state index in [0.29, 0.717) is 0 Å². The molecule has 0 bridgehead atoms. The maximum atomic E-state index is 4.76. The molecule has 2 aromatic heterocycles. The van der Waals surface area contributed by atoms with E-state index in [-0.39, 0.29) is 0 Å². The number of rotatable bonds is 3. The van der Waals surface area contributed by atoms with E-state index in [1.165, 1.54) is 43.2 Å². The lowest BCUT2D eigenvalue weighted by Gasteiger charge is -2.39. The van der Waals surface area contributed by atoms with E-state index in [1.54, 1.807) is 0 Å². The van der Waals surface area contributed by atoms with Gasteiger partial charge < -0.3 is 0 Å². The SMILES string of the molecule is Cc1ccc(-c2ccc(-c3ccc(-c4ccc5c(c4)C4(c6ccccc6Sc6ccccc64)c4ccccc4-5)nn3)cc2)c(C)n1. The second kappa shape index (κ2) is 10.4. The van der Waals surface area contributed by atoms with Gasteiger partial charge in [0.05, 0.1) is 16.8 Å². The van der Waals surface area contributed by atoms with Crippen LogP contribution in [0.4, 0.5) is 0 Å². The zero-order valence-corrected chi connectivity index (χ0v) is 26.3. The molecule has 0 fully saturated rings. The molecular weight excluding hydrogens is 579 g/mol. The van der Waals surface area contributed by atoms with Crippen LogP contribution in [0.1, 0.15) is 33.6 Å². The van der Waals surface area contributed by atoms with Gasteiger partial charge in [0.25, 0.3) is 0 Å². The van der Waals surface area contributed by atoms with Crippen molar-refractivity contribution in [3.8, 4) is 44.8 Å². The highest BCUT2D eigenvalue weighted by Crippen LogP contribution is 2.62. The van der Waals surface area contributed by atoms with Gasteiger partial charge in [-0.25, -0.2) is 0 Å². The number of hydrogen-bond donors (Lipinski definition) is 0. The molecule has 1 aliphatic heterocycles. The van der Waals surface area contributed by atoms with Crippen molar-refractivity contribution in [1.29, 1.82) is 0 Å². The van der Waals surface area contributed by atoms with Crippen molar-refractivity contribution in [3.63, 3.8) is 0 Å². The summed E-state index contributed by atoms with van der Waals surface area (Å²) in [6.45, 7) is 4.08. The predicted octanol–water partition coefficient (Wildman–Crippen LogP) is 10.3. The van der Waals surface area contributed by atoms with Crippen LogP contribution >= 0.6 is 11.8 Å². The van der Waals surface area contributed by atoms with Crippen molar-refractivity contribution in [2.24, 2.45) is 0 Å². The Morgan fingerprint density at radius 2 is 1.00 bits per heavy atom. The maximum absolute atomic E-state index is 4.76. The molecule has 1 aliphatic carbocycles. The van der Waals surface area contributed by atoms with E-state index in [1.807, 2.05) is 18.7 Å². The molecule has 46 heavy (non-hydrogen) atoms. The fourth-order valence-corrected chi connectivity index (χ4v) is 8.66. The summed E-state index contributed by atoms with van der Waals surface area (Å²) in [5.41, 5.74) is 15.7. The van der Waals surface area contributed by atoms with Crippen LogP contribution in [0.25, 0.3) is 44.8 Å². The molecule has 3 nitrogen and oxygen atoms in total. The number of aromatic nitrogens is 3. The lowest BCUT2D eigenvalue weighted by Crippen LogP contribution is -2.31. The largest absolute Gasteiger partial charge is 0.258 e. The highest BCUT2D eigenvalue weighted by Gasteiger charge is 2.50. The average Bonchev–Trinajstić information content (AvgIpc) is 3.39. The van der Waals surface area contributed by atoms with Gasteiger partial charge in [-0.2, -0.15) is 0 Å². The molecule has 0 saturated carbocycles.